The molecule has 1 aromatic carbocycles. The smallest absolute Gasteiger partial charge is 0.257 e. The van der Waals surface area contributed by atoms with Crippen LogP contribution in [-0.2, 0) is 13.6 Å². The lowest BCUT2D eigenvalue weighted by Crippen LogP contribution is -2.26. The minimum absolute atomic E-state index is 0.0412. The number of nitrogens with zero attached hydrogens (tertiary/aromatic N) is 3. The summed E-state index contributed by atoms with van der Waals surface area (Å²) >= 11 is 0. The van der Waals surface area contributed by atoms with E-state index in [9.17, 15) is 4.79 Å². The van der Waals surface area contributed by atoms with Crippen molar-refractivity contribution in [3.63, 3.8) is 0 Å². The van der Waals surface area contributed by atoms with Gasteiger partial charge in [0.05, 0.1) is 11.8 Å². The number of benzene rings is 1. The molecule has 2 aromatic rings. The average Bonchev–Trinajstić information content (AvgIpc) is 2.86. The number of hydrogen-bond donors (Lipinski definition) is 0. The molecule has 116 valence electrons. The second-order valence-corrected chi connectivity index (χ2v) is 5.41. The molecule has 1 aliphatic rings. The zero-order valence-electron chi connectivity index (χ0n) is 13.0. The maximum Gasteiger partial charge on any atom is 0.257 e. The van der Waals surface area contributed by atoms with Gasteiger partial charge in [0, 0.05) is 26.3 Å². The van der Waals surface area contributed by atoms with Crippen LogP contribution >= 0.6 is 0 Å². The van der Waals surface area contributed by atoms with E-state index in [4.69, 9.17) is 9.47 Å². The highest BCUT2D eigenvalue weighted by atomic mass is 16.6. The largest absolute Gasteiger partial charge is 0.486 e. The molecule has 0 bridgehead atoms. The summed E-state index contributed by atoms with van der Waals surface area (Å²) in [5.74, 6) is 1.45. The minimum Gasteiger partial charge on any atom is -0.486 e. The van der Waals surface area contributed by atoms with Gasteiger partial charge in [0.1, 0.15) is 13.2 Å². The van der Waals surface area contributed by atoms with Crippen molar-refractivity contribution in [2.24, 2.45) is 7.05 Å². The zero-order chi connectivity index (χ0) is 15.7. The summed E-state index contributed by atoms with van der Waals surface area (Å²) in [5, 5.41) is 4.12. The maximum absolute atomic E-state index is 12.5. The Morgan fingerprint density at radius 2 is 2.05 bits per heavy atom. The first-order valence-corrected chi connectivity index (χ1v) is 7.19. The fourth-order valence-corrected chi connectivity index (χ4v) is 2.45. The van der Waals surface area contributed by atoms with Crippen LogP contribution in [0.2, 0.25) is 0 Å². The molecule has 0 aliphatic carbocycles. The van der Waals surface area contributed by atoms with Crippen LogP contribution in [-0.4, -0.2) is 40.8 Å². The van der Waals surface area contributed by atoms with Crippen LogP contribution in [0, 0.1) is 6.92 Å². The monoisotopic (exact) mass is 301 g/mol. The van der Waals surface area contributed by atoms with E-state index < -0.39 is 0 Å². The first-order valence-electron chi connectivity index (χ1n) is 7.19. The predicted molar refractivity (Wildman–Crippen MR) is 81.2 cm³/mol. The number of carbonyl (C=O) groups is 1. The van der Waals surface area contributed by atoms with Crippen LogP contribution in [0.3, 0.4) is 0 Å². The van der Waals surface area contributed by atoms with E-state index in [0.717, 1.165) is 22.8 Å². The van der Waals surface area contributed by atoms with Crippen LogP contribution < -0.4 is 9.47 Å². The number of aromatic nitrogens is 2. The Morgan fingerprint density at radius 1 is 1.32 bits per heavy atom. The molecular formula is C16H19N3O3. The Labute approximate surface area is 129 Å². The van der Waals surface area contributed by atoms with Gasteiger partial charge in [-0.05, 0) is 24.6 Å². The van der Waals surface area contributed by atoms with Crippen molar-refractivity contribution in [1.82, 2.24) is 14.7 Å². The molecule has 1 aromatic heterocycles. The van der Waals surface area contributed by atoms with Crippen LogP contribution in [0.25, 0.3) is 0 Å². The molecule has 0 saturated carbocycles. The third kappa shape index (κ3) is 2.64. The number of aryl methyl sites for hydroxylation is 1. The minimum atomic E-state index is -0.0412. The van der Waals surface area contributed by atoms with Crippen LogP contribution in [0.1, 0.15) is 21.6 Å². The van der Waals surface area contributed by atoms with Crippen molar-refractivity contribution >= 4 is 5.91 Å². The first kappa shape index (κ1) is 14.4. The summed E-state index contributed by atoms with van der Waals surface area (Å²) in [5.41, 5.74) is 2.49. The molecule has 0 fully saturated rings. The lowest BCUT2D eigenvalue weighted by atomic mass is 10.1. The van der Waals surface area contributed by atoms with E-state index in [1.165, 1.54) is 0 Å². The first-order chi connectivity index (χ1) is 10.6. The molecule has 0 radical (unpaired) electrons. The summed E-state index contributed by atoms with van der Waals surface area (Å²) in [6, 6.07) is 5.76. The van der Waals surface area contributed by atoms with Gasteiger partial charge in [-0.1, -0.05) is 6.07 Å². The second kappa shape index (κ2) is 5.71. The average molecular weight is 301 g/mol. The Bertz CT molecular complexity index is 709. The molecule has 0 saturated heterocycles. The van der Waals surface area contributed by atoms with E-state index in [-0.39, 0.29) is 5.91 Å². The van der Waals surface area contributed by atoms with E-state index in [0.29, 0.717) is 25.3 Å². The standard InChI is InChI=1S/C16H19N3O3/c1-11-13(9-17-19(11)3)16(20)18(2)10-12-4-5-14-15(8-12)22-7-6-21-14/h4-5,8-9H,6-7,10H2,1-3H3. The van der Waals surface area contributed by atoms with Gasteiger partial charge in [-0.3, -0.25) is 9.48 Å². The van der Waals surface area contributed by atoms with E-state index in [1.807, 2.05) is 32.2 Å². The van der Waals surface area contributed by atoms with Gasteiger partial charge < -0.3 is 14.4 Å². The molecule has 22 heavy (non-hydrogen) atoms. The second-order valence-electron chi connectivity index (χ2n) is 5.41. The summed E-state index contributed by atoms with van der Waals surface area (Å²) in [4.78, 5) is 14.2. The number of amides is 1. The topological polar surface area (TPSA) is 56.6 Å². The van der Waals surface area contributed by atoms with Crippen molar-refractivity contribution < 1.29 is 14.3 Å². The maximum atomic E-state index is 12.5. The molecular weight excluding hydrogens is 282 g/mol. The number of fused-ring (bicyclic) bond motifs is 1. The molecule has 0 N–H and O–H groups in total. The fourth-order valence-electron chi connectivity index (χ4n) is 2.45. The van der Waals surface area contributed by atoms with Crippen molar-refractivity contribution in [2.75, 3.05) is 20.3 Å². The zero-order valence-corrected chi connectivity index (χ0v) is 13.0. The Hall–Kier alpha value is -2.50. The van der Waals surface area contributed by atoms with Crippen LogP contribution in [0.15, 0.2) is 24.4 Å². The Balaban J connectivity index is 1.75. The molecule has 0 unspecified atom stereocenters. The lowest BCUT2D eigenvalue weighted by molar-refractivity contribution is 0.0784. The van der Waals surface area contributed by atoms with Gasteiger partial charge in [0.25, 0.3) is 5.91 Å². The van der Waals surface area contributed by atoms with Gasteiger partial charge >= 0.3 is 0 Å². The van der Waals surface area contributed by atoms with Crippen molar-refractivity contribution in [3.8, 4) is 11.5 Å². The summed E-state index contributed by atoms with van der Waals surface area (Å²) in [6.07, 6.45) is 1.61. The van der Waals surface area contributed by atoms with Crippen molar-refractivity contribution in [1.29, 1.82) is 0 Å². The number of rotatable bonds is 3. The normalized spacial score (nSPS) is 13.0. The van der Waals surface area contributed by atoms with Gasteiger partial charge in [0.2, 0.25) is 0 Å². The number of hydrogen-bond acceptors (Lipinski definition) is 4. The molecule has 0 spiro atoms. The lowest BCUT2D eigenvalue weighted by Gasteiger charge is -2.21. The predicted octanol–water partition coefficient (Wildman–Crippen LogP) is 1.77. The van der Waals surface area contributed by atoms with E-state index >= 15 is 0 Å². The van der Waals surface area contributed by atoms with Crippen molar-refractivity contribution in [2.45, 2.75) is 13.5 Å². The molecule has 1 aliphatic heterocycles. The Kier molecular flexibility index (Phi) is 3.75. The van der Waals surface area contributed by atoms with Gasteiger partial charge in [-0.15, -0.1) is 0 Å². The van der Waals surface area contributed by atoms with Gasteiger partial charge in [-0.2, -0.15) is 5.10 Å². The molecule has 0 atom stereocenters. The summed E-state index contributed by atoms with van der Waals surface area (Å²) < 4.78 is 12.8. The van der Waals surface area contributed by atoms with E-state index in [1.54, 1.807) is 22.8 Å². The SMILES string of the molecule is Cc1c(C(=O)N(C)Cc2ccc3c(c2)OCCO3)cnn1C. The molecule has 3 rings (SSSR count). The van der Waals surface area contributed by atoms with E-state index in [2.05, 4.69) is 5.10 Å². The quantitative estimate of drug-likeness (QED) is 0.867. The molecule has 1 amide bonds. The molecule has 6 nitrogen and oxygen atoms in total. The van der Waals surface area contributed by atoms with Gasteiger partial charge in [0.15, 0.2) is 11.5 Å². The van der Waals surface area contributed by atoms with Crippen molar-refractivity contribution in [3.05, 3.63) is 41.2 Å². The summed E-state index contributed by atoms with van der Waals surface area (Å²) in [6.45, 7) is 3.52. The Morgan fingerprint density at radius 3 is 2.73 bits per heavy atom. The number of ether oxygens (including phenoxy) is 2. The van der Waals surface area contributed by atoms with Crippen LogP contribution in [0.4, 0.5) is 0 Å². The highest BCUT2D eigenvalue weighted by Crippen LogP contribution is 2.31. The fraction of sp³-hybridized carbons (Fsp3) is 0.375. The third-order valence-electron chi connectivity index (χ3n) is 3.84. The molecule has 2 heterocycles. The van der Waals surface area contributed by atoms with Gasteiger partial charge in [-0.25, -0.2) is 0 Å². The van der Waals surface area contributed by atoms with Crippen LogP contribution in [0.5, 0.6) is 11.5 Å². The summed E-state index contributed by atoms with van der Waals surface area (Å²) in [7, 11) is 3.61. The number of carbonyl (C=O) groups excluding carboxylic acids is 1. The highest BCUT2D eigenvalue weighted by Gasteiger charge is 2.18. The third-order valence-corrected chi connectivity index (χ3v) is 3.84. The molecule has 6 heteroatoms. The highest BCUT2D eigenvalue weighted by molar-refractivity contribution is 5.94.